The van der Waals surface area contributed by atoms with Crippen LogP contribution in [-0.4, -0.2) is 28.5 Å². The fraction of sp³-hybridized carbons (Fsp3) is 0.500. The second-order valence-electron chi connectivity index (χ2n) is 5.49. The average molecular weight is 279 g/mol. The van der Waals surface area contributed by atoms with Crippen molar-refractivity contribution in [1.82, 2.24) is 15.5 Å². The van der Waals surface area contributed by atoms with Crippen LogP contribution in [0.15, 0.2) is 23.7 Å². The zero-order valence-electron chi connectivity index (χ0n) is 11.4. The maximum Gasteiger partial charge on any atom is 0.0794 e. The summed E-state index contributed by atoms with van der Waals surface area (Å²) in [5.74, 6) is 0. The predicted octanol–water partition coefficient (Wildman–Crippen LogP) is 2.64. The van der Waals surface area contributed by atoms with Crippen molar-refractivity contribution in [2.75, 3.05) is 13.2 Å². The zero-order chi connectivity index (χ0) is 13.7. The third-order valence-electron chi connectivity index (χ3n) is 3.19. The van der Waals surface area contributed by atoms with Crippen molar-refractivity contribution in [3.63, 3.8) is 0 Å². The number of nitrogens with zero attached hydrogens (tertiary/aromatic N) is 1. The van der Waals surface area contributed by atoms with Gasteiger partial charge in [-0.2, -0.15) is 5.10 Å². The number of rotatable bonds is 7. The third kappa shape index (κ3) is 3.89. The van der Waals surface area contributed by atoms with E-state index in [-0.39, 0.29) is 12.0 Å². The summed E-state index contributed by atoms with van der Waals surface area (Å²) < 4.78 is 0. The molecule has 0 atom stereocenters. The summed E-state index contributed by atoms with van der Waals surface area (Å²) in [5.41, 5.74) is 2.39. The van der Waals surface area contributed by atoms with Crippen LogP contribution in [0.5, 0.6) is 0 Å². The Morgan fingerprint density at radius 3 is 3.00 bits per heavy atom. The van der Waals surface area contributed by atoms with Crippen LogP contribution in [0.2, 0.25) is 0 Å². The van der Waals surface area contributed by atoms with Gasteiger partial charge in [-0.05, 0) is 23.3 Å². The number of hydrogen-bond acceptors (Lipinski definition) is 4. The molecule has 0 saturated heterocycles. The monoisotopic (exact) mass is 279 g/mol. The van der Waals surface area contributed by atoms with Crippen LogP contribution in [0.1, 0.15) is 25.8 Å². The first-order valence-corrected chi connectivity index (χ1v) is 7.38. The minimum absolute atomic E-state index is 0.113. The molecule has 0 spiro atoms. The first-order chi connectivity index (χ1) is 9.12. The van der Waals surface area contributed by atoms with Crippen molar-refractivity contribution in [2.24, 2.45) is 5.41 Å². The molecule has 0 bridgehead atoms. The number of H-pyrrole nitrogens is 1. The summed E-state index contributed by atoms with van der Waals surface area (Å²) in [6.45, 7) is 6.22. The lowest BCUT2D eigenvalue weighted by Crippen LogP contribution is -2.29. The molecule has 19 heavy (non-hydrogen) atoms. The van der Waals surface area contributed by atoms with Crippen LogP contribution in [0.3, 0.4) is 0 Å². The molecule has 2 aromatic rings. The van der Waals surface area contributed by atoms with Gasteiger partial charge >= 0.3 is 0 Å². The molecule has 5 heteroatoms. The lowest BCUT2D eigenvalue weighted by molar-refractivity contribution is 0.207. The molecule has 2 rings (SSSR count). The highest BCUT2D eigenvalue weighted by molar-refractivity contribution is 7.13. The number of hydrogen-bond donors (Lipinski definition) is 3. The Labute approximate surface area is 117 Å². The Morgan fingerprint density at radius 1 is 1.47 bits per heavy atom. The van der Waals surface area contributed by atoms with E-state index in [1.54, 1.807) is 11.3 Å². The first kappa shape index (κ1) is 14.2. The summed E-state index contributed by atoms with van der Waals surface area (Å²) in [6, 6.07) is 4.14. The van der Waals surface area contributed by atoms with Gasteiger partial charge < -0.3 is 10.4 Å². The van der Waals surface area contributed by atoms with Crippen LogP contribution in [0, 0.1) is 5.41 Å². The average Bonchev–Trinajstić information content (AvgIpc) is 2.97. The SMILES string of the molecule is CC(C)(CCO)CNCc1cn[nH]c1-c1cccs1. The van der Waals surface area contributed by atoms with Crippen molar-refractivity contribution in [3.05, 3.63) is 29.3 Å². The highest BCUT2D eigenvalue weighted by atomic mass is 32.1. The van der Waals surface area contributed by atoms with Crippen LogP contribution < -0.4 is 5.32 Å². The number of nitrogens with one attached hydrogen (secondary N) is 2. The Morgan fingerprint density at radius 2 is 2.32 bits per heavy atom. The highest BCUT2D eigenvalue weighted by Crippen LogP contribution is 2.26. The Balaban J connectivity index is 1.93. The van der Waals surface area contributed by atoms with E-state index in [1.165, 1.54) is 10.4 Å². The van der Waals surface area contributed by atoms with Crippen LogP contribution in [-0.2, 0) is 6.54 Å². The number of aliphatic hydroxyl groups is 1. The molecule has 0 aromatic carbocycles. The number of aliphatic hydroxyl groups excluding tert-OH is 1. The number of thiophene rings is 1. The molecule has 0 radical (unpaired) electrons. The number of aromatic amines is 1. The third-order valence-corrected chi connectivity index (χ3v) is 4.08. The van der Waals surface area contributed by atoms with Crippen molar-refractivity contribution in [1.29, 1.82) is 0 Å². The molecule has 104 valence electrons. The highest BCUT2D eigenvalue weighted by Gasteiger charge is 2.17. The van der Waals surface area contributed by atoms with Gasteiger partial charge in [0.2, 0.25) is 0 Å². The second kappa shape index (κ2) is 6.32. The number of aromatic nitrogens is 2. The van der Waals surface area contributed by atoms with Gasteiger partial charge in [-0.3, -0.25) is 5.10 Å². The van der Waals surface area contributed by atoms with Gasteiger partial charge in [0.25, 0.3) is 0 Å². The van der Waals surface area contributed by atoms with E-state index in [0.717, 1.165) is 25.2 Å². The molecule has 3 N–H and O–H groups in total. The van der Waals surface area contributed by atoms with Gasteiger partial charge in [0.1, 0.15) is 0 Å². The Bertz CT molecular complexity index is 491. The molecule has 4 nitrogen and oxygen atoms in total. The summed E-state index contributed by atoms with van der Waals surface area (Å²) in [7, 11) is 0. The molecular formula is C14H21N3OS. The van der Waals surface area contributed by atoms with E-state index < -0.39 is 0 Å². The second-order valence-corrected chi connectivity index (χ2v) is 6.44. The van der Waals surface area contributed by atoms with Crippen molar-refractivity contribution in [2.45, 2.75) is 26.8 Å². The predicted molar refractivity (Wildman–Crippen MR) is 79.1 cm³/mol. The van der Waals surface area contributed by atoms with E-state index in [2.05, 4.69) is 40.8 Å². The minimum Gasteiger partial charge on any atom is -0.396 e. The van der Waals surface area contributed by atoms with E-state index in [0.29, 0.717) is 0 Å². The molecule has 0 aliphatic rings. The standard InChI is InChI=1S/C14H21N3OS/c1-14(2,5-6-18)10-15-8-11-9-16-17-13(11)12-4-3-7-19-12/h3-4,7,9,15,18H,5-6,8,10H2,1-2H3,(H,16,17). The fourth-order valence-electron chi connectivity index (χ4n) is 2.01. The summed E-state index contributed by atoms with van der Waals surface area (Å²) in [4.78, 5) is 1.21. The van der Waals surface area contributed by atoms with Crippen molar-refractivity contribution in [3.8, 4) is 10.6 Å². The van der Waals surface area contributed by atoms with E-state index >= 15 is 0 Å². The van der Waals surface area contributed by atoms with Gasteiger partial charge in [-0.1, -0.05) is 19.9 Å². The van der Waals surface area contributed by atoms with Crippen molar-refractivity contribution < 1.29 is 5.11 Å². The lowest BCUT2D eigenvalue weighted by atomic mass is 9.90. The van der Waals surface area contributed by atoms with Gasteiger partial charge in [-0.15, -0.1) is 11.3 Å². The molecule has 0 unspecified atom stereocenters. The fourth-order valence-corrected chi connectivity index (χ4v) is 2.76. The molecule has 2 heterocycles. The van der Waals surface area contributed by atoms with Crippen LogP contribution in [0.25, 0.3) is 10.6 Å². The first-order valence-electron chi connectivity index (χ1n) is 6.50. The minimum atomic E-state index is 0.113. The molecule has 0 amide bonds. The van der Waals surface area contributed by atoms with Crippen molar-refractivity contribution >= 4 is 11.3 Å². The van der Waals surface area contributed by atoms with Gasteiger partial charge in [0.05, 0.1) is 16.8 Å². The lowest BCUT2D eigenvalue weighted by Gasteiger charge is -2.23. The van der Waals surface area contributed by atoms with Crippen LogP contribution in [0.4, 0.5) is 0 Å². The van der Waals surface area contributed by atoms with E-state index in [1.807, 2.05) is 12.3 Å². The topological polar surface area (TPSA) is 60.9 Å². The molecule has 0 aliphatic heterocycles. The normalized spacial score (nSPS) is 11.9. The summed E-state index contributed by atoms with van der Waals surface area (Å²) in [5, 5.41) is 21.7. The molecule has 2 aromatic heterocycles. The smallest absolute Gasteiger partial charge is 0.0794 e. The molecule has 0 saturated carbocycles. The molecular weight excluding hydrogens is 258 g/mol. The maximum atomic E-state index is 9.01. The van der Waals surface area contributed by atoms with Gasteiger partial charge in [-0.25, -0.2) is 0 Å². The van der Waals surface area contributed by atoms with Gasteiger partial charge in [0.15, 0.2) is 0 Å². The maximum absolute atomic E-state index is 9.01. The zero-order valence-corrected chi connectivity index (χ0v) is 12.3. The molecule has 0 aliphatic carbocycles. The largest absolute Gasteiger partial charge is 0.396 e. The van der Waals surface area contributed by atoms with E-state index in [4.69, 9.17) is 5.11 Å². The summed E-state index contributed by atoms with van der Waals surface area (Å²) in [6.07, 6.45) is 2.68. The Hall–Kier alpha value is -1.17. The Kier molecular flexibility index (Phi) is 4.74. The summed E-state index contributed by atoms with van der Waals surface area (Å²) >= 11 is 1.71. The molecule has 0 fully saturated rings. The quantitative estimate of drug-likeness (QED) is 0.730. The van der Waals surface area contributed by atoms with E-state index in [9.17, 15) is 0 Å². The van der Waals surface area contributed by atoms with Crippen LogP contribution >= 0.6 is 11.3 Å². The van der Waals surface area contributed by atoms with Gasteiger partial charge in [0, 0.05) is 25.3 Å².